The fourth-order valence-electron chi connectivity index (χ4n) is 3.23. The van der Waals surface area contributed by atoms with Crippen LogP contribution in [0.3, 0.4) is 0 Å². The summed E-state index contributed by atoms with van der Waals surface area (Å²) in [5.74, 6) is -0.0270. The number of benzene rings is 1. The fourth-order valence-corrected chi connectivity index (χ4v) is 4.55. The van der Waals surface area contributed by atoms with E-state index < -0.39 is 0 Å². The summed E-state index contributed by atoms with van der Waals surface area (Å²) < 4.78 is 1.09. The number of nitrogens with zero attached hydrogens (tertiary/aromatic N) is 4. The number of piperazine rings is 1. The van der Waals surface area contributed by atoms with Gasteiger partial charge in [-0.2, -0.15) is 0 Å². The highest BCUT2D eigenvalue weighted by Gasteiger charge is 2.23. The van der Waals surface area contributed by atoms with Gasteiger partial charge in [0, 0.05) is 53.1 Å². The highest BCUT2D eigenvalue weighted by molar-refractivity contribution is 9.10. The lowest BCUT2D eigenvalue weighted by Crippen LogP contribution is -2.48. The normalized spacial score (nSPS) is 15.0. The first-order valence-corrected chi connectivity index (χ1v) is 10.8. The van der Waals surface area contributed by atoms with E-state index in [2.05, 4.69) is 67.2 Å². The van der Waals surface area contributed by atoms with Crippen molar-refractivity contribution in [3.05, 3.63) is 69.5 Å². The number of halogens is 1. The molecule has 0 bridgehead atoms. The van der Waals surface area contributed by atoms with Crippen LogP contribution in [0.4, 0.5) is 0 Å². The zero-order chi connectivity index (χ0) is 19.5. The van der Waals surface area contributed by atoms with Crippen molar-refractivity contribution in [3.63, 3.8) is 0 Å². The zero-order valence-electron chi connectivity index (χ0n) is 15.6. The maximum Gasteiger partial charge on any atom is 0.274 e. The minimum absolute atomic E-state index is 0.0270. The molecular formula is C21H21BrN4OS. The molecular weight excluding hydrogens is 436 g/mol. The second-order valence-corrected chi connectivity index (χ2v) is 8.97. The number of thiophene rings is 1. The third-order valence-corrected chi connectivity index (χ3v) is 6.48. The average Bonchev–Trinajstić information content (AvgIpc) is 3.18. The van der Waals surface area contributed by atoms with Gasteiger partial charge in [0.15, 0.2) is 0 Å². The van der Waals surface area contributed by atoms with E-state index in [4.69, 9.17) is 0 Å². The van der Waals surface area contributed by atoms with E-state index in [1.54, 1.807) is 12.4 Å². The maximum atomic E-state index is 12.6. The molecule has 4 rings (SSSR count). The number of carbonyl (C=O) groups excluding carboxylic acids is 1. The van der Waals surface area contributed by atoms with Gasteiger partial charge in [0.05, 0.1) is 11.9 Å². The first-order chi connectivity index (χ1) is 13.6. The lowest BCUT2D eigenvalue weighted by Gasteiger charge is -2.34. The smallest absolute Gasteiger partial charge is 0.274 e. The summed E-state index contributed by atoms with van der Waals surface area (Å²) in [6.07, 6.45) is 3.21. The summed E-state index contributed by atoms with van der Waals surface area (Å²) in [5, 5.41) is 0. The second-order valence-electron chi connectivity index (χ2n) is 6.88. The molecule has 1 aliphatic rings. The van der Waals surface area contributed by atoms with E-state index in [1.165, 1.54) is 15.3 Å². The summed E-state index contributed by atoms with van der Waals surface area (Å²) in [5.41, 5.74) is 2.49. The Morgan fingerprint density at radius 2 is 1.79 bits per heavy atom. The molecule has 0 radical (unpaired) electrons. The first-order valence-electron chi connectivity index (χ1n) is 9.23. The predicted octanol–water partition coefficient (Wildman–Crippen LogP) is 4.23. The van der Waals surface area contributed by atoms with Crippen LogP contribution in [0.25, 0.3) is 10.4 Å². The Kier molecular flexibility index (Phi) is 5.85. The van der Waals surface area contributed by atoms with E-state index in [-0.39, 0.29) is 5.91 Å². The summed E-state index contributed by atoms with van der Waals surface area (Å²) in [7, 11) is 0. The van der Waals surface area contributed by atoms with Crippen LogP contribution in [-0.4, -0.2) is 51.9 Å². The highest BCUT2D eigenvalue weighted by Crippen LogP contribution is 2.30. The Morgan fingerprint density at radius 1 is 1.04 bits per heavy atom. The van der Waals surface area contributed by atoms with Gasteiger partial charge in [-0.05, 0) is 36.8 Å². The van der Waals surface area contributed by atoms with Gasteiger partial charge in [-0.25, -0.2) is 4.98 Å². The van der Waals surface area contributed by atoms with Crippen molar-refractivity contribution in [3.8, 4) is 10.4 Å². The van der Waals surface area contributed by atoms with Crippen molar-refractivity contribution in [1.29, 1.82) is 0 Å². The fraction of sp³-hybridized carbons (Fsp3) is 0.286. The molecule has 0 N–H and O–H groups in total. The van der Waals surface area contributed by atoms with E-state index >= 15 is 0 Å². The standard InChI is InChI=1S/C21H21BrN4OS/c1-15-12-24-19(13-23-15)21(27)26-10-8-25(9-11-26)14-18-6-7-20(28-18)16-2-4-17(22)5-3-16/h2-7,12-13H,8-11,14H2,1H3. The first kappa shape index (κ1) is 19.2. The highest BCUT2D eigenvalue weighted by atomic mass is 79.9. The quantitative estimate of drug-likeness (QED) is 0.589. The van der Waals surface area contributed by atoms with Crippen molar-refractivity contribution in [2.75, 3.05) is 26.2 Å². The van der Waals surface area contributed by atoms with E-state index in [9.17, 15) is 4.79 Å². The molecule has 3 heterocycles. The lowest BCUT2D eigenvalue weighted by atomic mass is 10.2. The van der Waals surface area contributed by atoms with E-state index in [1.807, 2.05) is 23.2 Å². The van der Waals surface area contributed by atoms with Gasteiger partial charge >= 0.3 is 0 Å². The Bertz CT molecular complexity index is 947. The van der Waals surface area contributed by atoms with Crippen LogP contribution in [0.2, 0.25) is 0 Å². The molecule has 0 spiro atoms. The number of aryl methyl sites for hydroxylation is 1. The minimum atomic E-state index is -0.0270. The Morgan fingerprint density at radius 3 is 2.46 bits per heavy atom. The third kappa shape index (κ3) is 4.48. The molecule has 1 amide bonds. The summed E-state index contributed by atoms with van der Waals surface area (Å²) >= 11 is 5.32. The molecule has 1 saturated heterocycles. The lowest BCUT2D eigenvalue weighted by molar-refractivity contribution is 0.0623. The Hall–Kier alpha value is -2.09. The van der Waals surface area contributed by atoms with Crippen LogP contribution < -0.4 is 0 Å². The van der Waals surface area contributed by atoms with E-state index in [0.29, 0.717) is 5.69 Å². The van der Waals surface area contributed by atoms with Crippen molar-refractivity contribution in [1.82, 2.24) is 19.8 Å². The topological polar surface area (TPSA) is 49.3 Å². The van der Waals surface area contributed by atoms with Crippen LogP contribution in [-0.2, 0) is 6.54 Å². The van der Waals surface area contributed by atoms with Crippen molar-refractivity contribution < 1.29 is 4.79 Å². The second kappa shape index (κ2) is 8.51. The monoisotopic (exact) mass is 456 g/mol. The molecule has 0 aliphatic carbocycles. The molecule has 1 aromatic carbocycles. The molecule has 0 unspecified atom stereocenters. The summed E-state index contributed by atoms with van der Waals surface area (Å²) in [6.45, 7) is 5.98. The van der Waals surface area contributed by atoms with Gasteiger partial charge < -0.3 is 4.90 Å². The molecule has 5 nitrogen and oxygen atoms in total. The van der Waals surface area contributed by atoms with Crippen LogP contribution in [0.1, 0.15) is 21.1 Å². The number of hydrogen-bond donors (Lipinski definition) is 0. The van der Waals surface area contributed by atoms with Crippen LogP contribution in [0.5, 0.6) is 0 Å². The van der Waals surface area contributed by atoms with Gasteiger partial charge in [-0.3, -0.25) is 14.7 Å². The van der Waals surface area contributed by atoms with E-state index in [0.717, 1.165) is 42.9 Å². The SMILES string of the molecule is Cc1cnc(C(=O)N2CCN(Cc3ccc(-c4ccc(Br)cc4)s3)CC2)cn1. The van der Waals surface area contributed by atoms with Crippen LogP contribution >= 0.6 is 27.3 Å². The number of amides is 1. The summed E-state index contributed by atoms with van der Waals surface area (Å²) in [6, 6.07) is 12.8. The molecule has 7 heteroatoms. The Labute approximate surface area is 177 Å². The Balaban J connectivity index is 1.33. The van der Waals surface area contributed by atoms with Gasteiger partial charge in [0.1, 0.15) is 5.69 Å². The molecule has 0 saturated carbocycles. The van der Waals surface area contributed by atoms with Gasteiger partial charge in [0.25, 0.3) is 5.91 Å². The number of aromatic nitrogens is 2. The number of rotatable bonds is 4. The number of hydrogen-bond acceptors (Lipinski definition) is 5. The minimum Gasteiger partial charge on any atom is -0.335 e. The molecule has 1 aliphatic heterocycles. The largest absolute Gasteiger partial charge is 0.335 e. The number of carbonyl (C=O) groups is 1. The van der Waals surface area contributed by atoms with Crippen molar-refractivity contribution >= 4 is 33.2 Å². The zero-order valence-corrected chi connectivity index (χ0v) is 18.0. The maximum absolute atomic E-state index is 12.6. The average molecular weight is 457 g/mol. The van der Waals surface area contributed by atoms with Gasteiger partial charge in [0.2, 0.25) is 0 Å². The van der Waals surface area contributed by atoms with Crippen molar-refractivity contribution in [2.24, 2.45) is 0 Å². The molecule has 1 fully saturated rings. The predicted molar refractivity (Wildman–Crippen MR) is 115 cm³/mol. The van der Waals surface area contributed by atoms with Gasteiger partial charge in [-0.15, -0.1) is 11.3 Å². The van der Waals surface area contributed by atoms with Gasteiger partial charge in [-0.1, -0.05) is 28.1 Å². The molecule has 2 aromatic heterocycles. The summed E-state index contributed by atoms with van der Waals surface area (Å²) in [4.78, 5) is 27.9. The molecule has 28 heavy (non-hydrogen) atoms. The third-order valence-electron chi connectivity index (χ3n) is 4.83. The van der Waals surface area contributed by atoms with Crippen LogP contribution in [0.15, 0.2) is 53.3 Å². The molecule has 3 aromatic rings. The molecule has 144 valence electrons. The van der Waals surface area contributed by atoms with Crippen molar-refractivity contribution in [2.45, 2.75) is 13.5 Å². The molecule has 0 atom stereocenters. The van der Waals surface area contributed by atoms with Crippen LogP contribution in [0, 0.1) is 6.92 Å².